The van der Waals surface area contributed by atoms with Crippen LogP contribution in [0.15, 0.2) is 87.3 Å². The standard InChI is InChI=1S/C22H16ClIO4S/c1-15-7-13-19(14-8-15)29(26,27)28-22(17-5-3-2-4-6-17)20(24)21(25)16-9-11-18(23)12-10-16/h2-14H,1H3/b22-20+. The molecule has 0 spiro atoms. The fourth-order valence-corrected chi connectivity index (χ4v) is 4.47. The molecule has 0 amide bonds. The SMILES string of the molecule is Cc1ccc(S(=O)(=O)O/C(=C(/I)C(=O)c2ccc(Cl)cc2)c2ccccc2)cc1. The molecule has 0 aromatic heterocycles. The van der Waals surface area contributed by atoms with Gasteiger partial charge in [-0.05, 0) is 65.9 Å². The number of aryl methyl sites for hydroxylation is 1. The van der Waals surface area contributed by atoms with E-state index in [9.17, 15) is 13.2 Å². The number of allylic oxidation sites excluding steroid dienone is 1. The summed E-state index contributed by atoms with van der Waals surface area (Å²) in [6.45, 7) is 1.86. The van der Waals surface area contributed by atoms with Crippen LogP contribution in [-0.4, -0.2) is 14.2 Å². The summed E-state index contributed by atoms with van der Waals surface area (Å²) in [4.78, 5) is 13.0. The molecule has 0 saturated heterocycles. The molecule has 7 heteroatoms. The Labute approximate surface area is 188 Å². The van der Waals surface area contributed by atoms with Crippen molar-refractivity contribution in [1.29, 1.82) is 0 Å². The van der Waals surface area contributed by atoms with E-state index >= 15 is 0 Å². The minimum atomic E-state index is -4.13. The molecule has 0 fully saturated rings. The van der Waals surface area contributed by atoms with E-state index in [2.05, 4.69) is 0 Å². The lowest BCUT2D eigenvalue weighted by atomic mass is 10.1. The summed E-state index contributed by atoms with van der Waals surface area (Å²) < 4.78 is 31.3. The minimum absolute atomic E-state index is 0.0136. The van der Waals surface area contributed by atoms with Gasteiger partial charge < -0.3 is 4.18 Å². The van der Waals surface area contributed by atoms with Crippen molar-refractivity contribution in [2.75, 3.05) is 0 Å². The number of carbonyl (C=O) groups excluding carboxylic acids is 1. The fraction of sp³-hybridized carbons (Fsp3) is 0.0455. The molecular formula is C22H16ClIO4S. The van der Waals surface area contributed by atoms with E-state index in [-0.39, 0.29) is 20.0 Å². The Kier molecular flexibility index (Phi) is 6.77. The van der Waals surface area contributed by atoms with Gasteiger partial charge in [-0.15, -0.1) is 0 Å². The smallest absolute Gasteiger partial charge is 0.339 e. The first-order valence-electron chi connectivity index (χ1n) is 8.54. The highest BCUT2D eigenvalue weighted by molar-refractivity contribution is 14.1. The Morgan fingerprint density at radius 2 is 1.45 bits per heavy atom. The lowest BCUT2D eigenvalue weighted by molar-refractivity contribution is 0.104. The Bertz CT molecular complexity index is 1150. The van der Waals surface area contributed by atoms with Gasteiger partial charge in [0.15, 0.2) is 5.76 Å². The van der Waals surface area contributed by atoms with Crippen molar-refractivity contribution in [2.45, 2.75) is 11.8 Å². The highest BCUT2D eigenvalue weighted by Gasteiger charge is 2.24. The maximum Gasteiger partial charge on any atom is 0.339 e. The second kappa shape index (κ2) is 9.11. The van der Waals surface area contributed by atoms with Crippen molar-refractivity contribution in [1.82, 2.24) is 0 Å². The summed E-state index contributed by atoms with van der Waals surface area (Å²) in [5, 5.41) is 0.502. The maximum absolute atomic E-state index is 13.0. The number of carbonyl (C=O) groups is 1. The van der Waals surface area contributed by atoms with Gasteiger partial charge >= 0.3 is 10.1 Å². The molecule has 29 heavy (non-hydrogen) atoms. The Hall–Kier alpha value is -2.16. The third-order valence-electron chi connectivity index (χ3n) is 4.04. The van der Waals surface area contributed by atoms with Gasteiger partial charge in [0.05, 0.1) is 0 Å². The van der Waals surface area contributed by atoms with Crippen molar-refractivity contribution in [2.24, 2.45) is 0 Å². The van der Waals surface area contributed by atoms with Gasteiger partial charge in [0.25, 0.3) is 0 Å². The summed E-state index contributed by atoms with van der Waals surface area (Å²) in [5.74, 6) is -0.382. The molecule has 4 nitrogen and oxygen atoms in total. The number of halogens is 2. The van der Waals surface area contributed by atoms with E-state index in [1.54, 1.807) is 66.7 Å². The first-order valence-corrected chi connectivity index (χ1v) is 11.4. The zero-order valence-corrected chi connectivity index (χ0v) is 19.0. The fourth-order valence-electron chi connectivity index (χ4n) is 2.49. The van der Waals surface area contributed by atoms with Crippen LogP contribution in [0.2, 0.25) is 5.02 Å². The molecule has 148 valence electrons. The van der Waals surface area contributed by atoms with Gasteiger partial charge in [0.2, 0.25) is 5.78 Å². The minimum Gasteiger partial charge on any atom is -0.377 e. The van der Waals surface area contributed by atoms with Gasteiger partial charge in [-0.3, -0.25) is 4.79 Å². The van der Waals surface area contributed by atoms with E-state index in [4.69, 9.17) is 15.8 Å². The van der Waals surface area contributed by atoms with Gasteiger partial charge in [-0.25, -0.2) is 0 Å². The zero-order chi connectivity index (χ0) is 21.0. The molecule has 0 aliphatic carbocycles. The highest BCUT2D eigenvalue weighted by atomic mass is 127. The second-order valence-corrected chi connectivity index (χ2v) is 9.26. The lowest BCUT2D eigenvalue weighted by Gasteiger charge is -2.13. The van der Waals surface area contributed by atoms with Gasteiger partial charge in [-0.1, -0.05) is 59.6 Å². The molecule has 0 radical (unpaired) electrons. The third-order valence-corrected chi connectivity index (χ3v) is 6.51. The topological polar surface area (TPSA) is 60.4 Å². The van der Waals surface area contributed by atoms with Gasteiger partial charge in [0, 0.05) is 16.1 Å². The molecule has 0 atom stereocenters. The number of hydrogen-bond donors (Lipinski definition) is 0. The van der Waals surface area contributed by atoms with Crippen LogP contribution in [0.4, 0.5) is 0 Å². The molecule has 0 unspecified atom stereocenters. The molecule has 0 heterocycles. The Balaban J connectivity index is 2.07. The van der Waals surface area contributed by atoms with Crippen molar-refractivity contribution >= 4 is 55.9 Å². The average Bonchev–Trinajstić information content (AvgIpc) is 2.72. The van der Waals surface area contributed by atoms with E-state index in [0.717, 1.165) is 5.56 Å². The predicted molar refractivity (Wildman–Crippen MR) is 123 cm³/mol. The average molecular weight is 539 g/mol. The first kappa shape index (κ1) is 21.5. The predicted octanol–water partition coefficient (Wildman–Crippen LogP) is 6.04. The number of rotatable bonds is 6. The number of hydrogen-bond acceptors (Lipinski definition) is 4. The summed E-state index contributed by atoms with van der Waals surface area (Å²) >= 11 is 7.71. The van der Waals surface area contributed by atoms with Crippen LogP contribution in [0.1, 0.15) is 21.5 Å². The van der Waals surface area contributed by atoms with Crippen LogP contribution in [0.25, 0.3) is 5.76 Å². The van der Waals surface area contributed by atoms with Crippen molar-refractivity contribution in [3.8, 4) is 0 Å². The molecule has 0 bridgehead atoms. The van der Waals surface area contributed by atoms with Crippen molar-refractivity contribution in [3.05, 3.63) is 104 Å². The van der Waals surface area contributed by atoms with Gasteiger partial charge in [0.1, 0.15) is 8.48 Å². The van der Waals surface area contributed by atoms with E-state index in [0.29, 0.717) is 16.1 Å². The van der Waals surface area contributed by atoms with Crippen LogP contribution in [-0.2, 0) is 14.3 Å². The number of Topliss-reactive ketones (excluding diaryl/α,β-unsaturated/α-hetero) is 1. The number of benzene rings is 3. The quantitative estimate of drug-likeness (QED) is 0.126. The highest BCUT2D eigenvalue weighted by Crippen LogP contribution is 2.31. The van der Waals surface area contributed by atoms with Crippen LogP contribution >= 0.6 is 34.2 Å². The van der Waals surface area contributed by atoms with Crippen LogP contribution in [0.5, 0.6) is 0 Å². The maximum atomic E-state index is 13.0. The largest absolute Gasteiger partial charge is 0.377 e. The molecule has 0 saturated carbocycles. The zero-order valence-electron chi connectivity index (χ0n) is 15.3. The molecule has 3 aromatic carbocycles. The van der Waals surface area contributed by atoms with Crippen LogP contribution in [0.3, 0.4) is 0 Å². The second-order valence-electron chi connectivity index (χ2n) is 6.20. The summed E-state index contributed by atoms with van der Waals surface area (Å²) in [6, 6.07) is 21.4. The van der Waals surface area contributed by atoms with E-state index in [1.165, 1.54) is 12.1 Å². The van der Waals surface area contributed by atoms with Crippen LogP contribution < -0.4 is 0 Å². The normalized spacial score (nSPS) is 12.2. The Morgan fingerprint density at radius 3 is 2.03 bits per heavy atom. The molecule has 0 aliphatic heterocycles. The summed E-state index contributed by atoms with van der Waals surface area (Å²) in [6.07, 6.45) is 0. The molecule has 0 aliphatic rings. The first-order chi connectivity index (χ1) is 13.8. The third kappa shape index (κ3) is 5.26. The van der Waals surface area contributed by atoms with Crippen molar-refractivity contribution < 1.29 is 17.4 Å². The van der Waals surface area contributed by atoms with Crippen LogP contribution in [0, 0.1) is 6.92 Å². The summed E-state index contributed by atoms with van der Waals surface area (Å²) in [7, 11) is -4.13. The Morgan fingerprint density at radius 1 is 0.862 bits per heavy atom. The molecule has 3 rings (SSSR count). The molecule has 0 N–H and O–H groups in total. The number of ketones is 1. The van der Waals surface area contributed by atoms with Crippen molar-refractivity contribution in [3.63, 3.8) is 0 Å². The van der Waals surface area contributed by atoms with E-state index in [1.807, 2.05) is 29.5 Å². The molecular weight excluding hydrogens is 523 g/mol. The monoisotopic (exact) mass is 538 g/mol. The van der Waals surface area contributed by atoms with E-state index < -0.39 is 10.1 Å². The lowest BCUT2D eigenvalue weighted by Crippen LogP contribution is -2.10. The summed E-state index contributed by atoms with van der Waals surface area (Å²) in [5.41, 5.74) is 1.79. The van der Waals surface area contributed by atoms with Gasteiger partial charge in [-0.2, -0.15) is 8.42 Å². The molecule has 3 aromatic rings.